The molecule has 0 bridgehead atoms. The van der Waals surface area contributed by atoms with Gasteiger partial charge in [-0.15, -0.1) is 11.3 Å². The largest absolute Gasteiger partial charge is 0.317 e. The molecule has 2 aromatic heterocycles. The van der Waals surface area contributed by atoms with Crippen LogP contribution < -0.4 is 10.6 Å². The number of amides is 1. The summed E-state index contributed by atoms with van der Waals surface area (Å²) in [5, 5.41) is 11.2. The first-order valence-corrected chi connectivity index (χ1v) is 10.1. The highest BCUT2D eigenvalue weighted by atomic mass is 32.1. The molecule has 6 nitrogen and oxygen atoms in total. The Labute approximate surface area is 166 Å². The first kappa shape index (κ1) is 18.8. The molecule has 2 N–H and O–H groups in total. The minimum absolute atomic E-state index is 0.108. The Hall–Kier alpha value is -2.58. The molecular weight excluding hydrogens is 377 g/mol. The van der Waals surface area contributed by atoms with Gasteiger partial charge in [0.15, 0.2) is 5.13 Å². The monoisotopic (exact) mass is 399 g/mol. The number of carbonyl (C=O) groups is 1. The van der Waals surface area contributed by atoms with E-state index in [1.54, 1.807) is 23.0 Å². The standard InChI is InChI=1S/C20H22FN5OS/c1-14-17(13-15-5-2-3-6-16(15)21)28-19(24-14)25-18(27)20(7-10-22-11-8-20)26-12-4-9-23-26/h2-6,9,12,22H,7-8,10-11,13H2,1H3,(H,24,25,27). The van der Waals surface area contributed by atoms with Gasteiger partial charge in [0.25, 0.3) is 5.91 Å². The van der Waals surface area contributed by atoms with Crippen LogP contribution in [0.15, 0.2) is 42.7 Å². The minimum atomic E-state index is -0.722. The van der Waals surface area contributed by atoms with Gasteiger partial charge in [0, 0.05) is 23.7 Å². The third-order valence-electron chi connectivity index (χ3n) is 5.22. The molecule has 3 aromatic rings. The fourth-order valence-corrected chi connectivity index (χ4v) is 4.58. The Balaban J connectivity index is 1.55. The quantitative estimate of drug-likeness (QED) is 0.692. The van der Waals surface area contributed by atoms with E-state index in [0.29, 0.717) is 30.0 Å². The molecule has 4 rings (SSSR count). The van der Waals surface area contributed by atoms with Crippen LogP contribution in [0.5, 0.6) is 0 Å². The van der Waals surface area contributed by atoms with Crippen molar-refractivity contribution in [2.24, 2.45) is 0 Å². The van der Waals surface area contributed by atoms with Gasteiger partial charge in [-0.25, -0.2) is 9.37 Å². The molecule has 0 unspecified atom stereocenters. The van der Waals surface area contributed by atoms with Crippen molar-refractivity contribution in [1.29, 1.82) is 0 Å². The maximum Gasteiger partial charge on any atom is 0.254 e. The highest BCUT2D eigenvalue weighted by Crippen LogP contribution is 2.31. The first-order valence-electron chi connectivity index (χ1n) is 9.30. The fraction of sp³-hybridized carbons (Fsp3) is 0.350. The maximum absolute atomic E-state index is 14.0. The summed E-state index contributed by atoms with van der Waals surface area (Å²) in [4.78, 5) is 18.7. The molecule has 146 valence electrons. The van der Waals surface area contributed by atoms with Crippen molar-refractivity contribution in [2.45, 2.75) is 31.7 Å². The average Bonchev–Trinajstić information content (AvgIpc) is 3.35. The van der Waals surface area contributed by atoms with E-state index < -0.39 is 5.54 Å². The van der Waals surface area contributed by atoms with E-state index in [1.807, 2.05) is 25.3 Å². The second kappa shape index (κ2) is 7.81. The van der Waals surface area contributed by atoms with Crippen molar-refractivity contribution in [3.8, 4) is 0 Å². The number of carbonyl (C=O) groups excluding carboxylic acids is 1. The molecule has 28 heavy (non-hydrogen) atoms. The van der Waals surface area contributed by atoms with Crippen LogP contribution in [0.2, 0.25) is 0 Å². The van der Waals surface area contributed by atoms with Crippen molar-refractivity contribution < 1.29 is 9.18 Å². The maximum atomic E-state index is 14.0. The zero-order valence-corrected chi connectivity index (χ0v) is 16.4. The number of benzene rings is 1. The van der Waals surface area contributed by atoms with E-state index in [-0.39, 0.29) is 11.7 Å². The molecule has 1 aliphatic rings. The number of hydrogen-bond donors (Lipinski definition) is 2. The number of thiazole rings is 1. The van der Waals surface area contributed by atoms with Gasteiger partial charge in [-0.1, -0.05) is 18.2 Å². The van der Waals surface area contributed by atoms with Crippen molar-refractivity contribution in [3.63, 3.8) is 0 Å². The van der Waals surface area contributed by atoms with Crippen LogP contribution in [0.25, 0.3) is 0 Å². The van der Waals surface area contributed by atoms with Crippen LogP contribution in [0.3, 0.4) is 0 Å². The van der Waals surface area contributed by atoms with Crippen LogP contribution >= 0.6 is 11.3 Å². The highest BCUT2D eigenvalue weighted by molar-refractivity contribution is 7.15. The zero-order chi connectivity index (χ0) is 19.6. The normalized spacial score (nSPS) is 16.1. The van der Waals surface area contributed by atoms with Crippen molar-refractivity contribution in [3.05, 3.63) is 64.7 Å². The Morgan fingerprint density at radius 3 is 2.82 bits per heavy atom. The third kappa shape index (κ3) is 3.57. The number of nitrogens with one attached hydrogen (secondary N) is 2. The smallest absolute Gasteiger partial charge is 0.254 e. The molecule has 1 aromatic carbocycles. The van der Waals surface area contributed by atoms with E-state index in [0.717, 1.165) is 23.7 Å². The van der Waals surface area contributed by atoms with E-state index in [9.17, 15) is 9.18 Å². The summed E-state index contributed by atoms with van der Waals surface area (Å²) in [6, 6.07) is 8.56. The Bertz CT molecular complexity index is 963. The molecule has 0 radical (unpaired) electrons. The summed E-state index contributed by atoms with van der Waals surface area (Å²) >= 11 is 1.40. The van der Waals surface area contributed by atoms with E-state index in [4.69, 9.17) is 0 Å². The van der Waals surface area contributed by atoms with Gasteiger partial charge in [0.05, 0.1) is 5.69 Å². The number of aryl methyl sites for hydroxylation is 1. The van der Waals surface area contributed by atoms with E-state index >= 15 is 0 Å². The molecule has 1 fully saturated rings. The Morgan fingerprint density at radius 1 is 1.32 bits per heavy atom. The predicted molar refractivity (Wildman–Crippen MR) is 107 cm³/mol. The second-order valence-corrected chi connectivity index (χ2v) is 8.07. The lowest BCUT2D eigenvalue weighted by Crippen LogP contribution is -2.52. The predicted octanol–water partition coefficient (Wildman–Crippen LogP) is 3.10. The number of piperidine rings is 1. The van der Waals surface area contributed by atoms with Crippen LogP contribution in [-0.2, 0) is 16.8 Å². The van der Waals surface area contributed by atoms with Crippen LogP contribution in [-0.4, -0.2) is 33.8 Å². The number of aromatic nitrogens is 3. The van der Waals surface area contributed by atoms with Gasteiger partial charge in [-0.2, -0.15) is 5.10 Å². The van der Waals surface area contributed by atoms with Gasteiger partial charge in [0.1, 0.15) is 11.4 Å². The number of anilines is 1. The lowest BCUT2D eigenvalue weighted by atomic mass is 9.87. The van der Waals surface area contributed by atoms with Crippen molar-refractivity contribution in [1.82, 2.24) is 20.1 Å². The number of halogens is 1. The van der Waals surface area contributed by atoms with E-state index in [2.05, 4.69) is 20.7 Å². The summed E-state index contributed by atoms with van der Waals surface area (Å²) < 4.78 is 15.7. The number of nitrogens with zero attached hydrogens (tertiary/aromatic N) is 3. The molecular formula is C20H22FN5OS. The minimum Gasteiger partial charge on any atom is -0.317 e. The first-order chi connectivity index (χ1) is 13.6. The molecule has 0 saturated carbocycles. The number of rotatable bonds is 5. The average molecular weight is 399 g/mol. The third-order valence-corrected chi connectivity index (χ3v) is 6.29. The van der Waals surface area contributed by atoms with E-state index in [1.165, 1.54) is 17.4 Å². The molecule has 0 spiro atoms. The van der Waals surface area contributed by atoms with Gasteiger partial charge in [-0.05, 0) is 50.6 Å². The molecule has 1 saturated heterocycles. The van der Waals surface area contributed by atoms with Crippen LogP contribution in [0, 0.1) is 12.7 Å². The summed E-state index contributed by atoms with van der Waals surface area (Å²) in [7, 11) is 0. The Morgan fingerprint density at radius 2 is 2.11 bits per heavy atom. The molecule has 3 heterocycles. The summed E-state index contributed by atoms with van der Waals surface area (Å²) in [6.45, 7) is 3.39. The fourth-order valence-electron chi connectivity index (χ4n) is 3.60. The SMILES string of the molecule is Cc1nc(NC(=O)C2(n3cccn3)CCNCC2)sc1Cc1ccccc1F. The second-order valence-electron chi connectivity index (χ2n) is 6.98. The van der Waals surface area contributed by atoms with Gasteiger partial charge < -0.3 is 5.32 Å². The zero-order valence-electron chi connectivity index (χ0n) is 15.6. The lowest BCUT2D eigenvalue weighted by Gasteiger charge is -2.36. The van der Waals surface area contributed by atoms with Crippen molar-refractivity contribution in [2.75, 3.05) is 18.4 Å². The molecule has 1 amide bonds. The van der Waals surface area contributed by atoms with Gasteiger partial charge in [0.2, 0.25) is 0 Å². The topological polar surface area (TPSA) is 71.8 Å². The van der Waals surface area contributed by atoms with Gasteiger partial charge in [-0.3, -0.25) is 14.8 Å². The van der Waals surface area contributed by atoms with Crippen LogP contribution in [0.4, 0.5) is 9.52 Å². The van der Waals surface area contributed by atoms with Crippen molar-refractivity contribution >= 4 is 22.4 Å². The molecule has 0 aliphatic carbocycles. The van der Waals surface area contributed by atoms with Gasteiger partial charge >= 0.3 is 0 Å². The highest BCUT2D eigenvalue weighted by Gasteiger charge is 2.42. The summed E-state index contributed by atoms with van der Waals surface area (Å²) in [5.74, 6) is -0.336. The molecule has 1 aliphatic heterocycles. The lowest BCUT2D eigenvalue weighted by molar-refractivity contribution is -0.126. The number of hydrogen-bond acceptors (Lipinski definition) is 5. The molecule has 8 heteroatoms. The Kier molecular flexibility index (Phi) is 5.23. The molecule has 0 atom stereocenters. The summed E-state index contributed by atoms with van der Waals surface area (Å²) in [6.07, 6.45) is 5.30. The summed E-state index contributed by atoms with van der Waals surface area (Å²) in [5.41, 5.74) is 0.709. The van der Waals surface area contributed by atoms with Crippen LogP contribution in [0.1, 0.15) is 29.0 Å².